The molecule has 0 spiro atoms. The first-order valence-corrected chi connectivity index (χ1v) is 8.01. The van der Waals surface area contributed by atoms with Crippen LogP contribution in [0.5, 0.6) is 0 Å². The maximum atomic E-state index is 12.4. The number of carbonyl (C=O) groups excluding carboxylic acids is 1. The van der Waals surface area contributed by atoms with E-state index in [9.17, 15) is 13.2 Å². The Kier molecular flexibility index (Phi) is 4.22. The van der Waals surface area contributed by atoms with Crippen molar-refractivity contribution in [1.29, 1.82) is 0 Å². The highest BCUT2D eigenvalue weighted by molar-refractivity contribution is 9.10. The summed E-state index contributed by atoms with van der Waals surface area (Å²) in [5.74, 6) is -0.0267. The van der Waals surface area contributed by atoms with Crippen LogP contribution in [0.2, 0.25) is 0 Å². The molecule has 0 bridgehead atoms. The summed E-state index contributed by atoms with van der Waals surface area (Å²) >= 11 is 3.21. The van der Waals surface area contributed by atoms with Gasteiger partial charge >= 0.3 is 0 Å². The number of pyridine rings is 1. The van der Waals surface area contributed by atoms with Gasteiger partial charge in [-0.3, -0.25) is 9.78 Å². The fourth-order valence-electron chi connectivity index (χ4n) is 1.93. The summed E-state index contributed by atoms with van der Waals surface area (Å²) in [7, 11) is -3.53. The molecule has 6 nitrogen and oxygen atoms in total. The van der Waals surface area contributed by atoms with E-state index in [1.807, 2.05) is 0 Å². The molecule has 8 heteroatoms. The number of carbonyl (C=O) groups is 1. The molecule has 0 atom stereocenters. The Labute approximate surface area is 120 Å². The van der Waals surface area contributed by atoms with Crippen LogP contribution < -0.4 is 0 Å². The minimum absolute atomic E-state index is 0.0267. The van der Waals surface area contributed by atoms with Crippen molar-refractivity contribution in [3.63, 3.8) is 0 Å². The highest BCUT2D eigenvalue weighted by atomic mass is 79.9. The van der Waals surface area contributed by atoms with Gasteiger partial charge in [-0.05, 0) is 22.0 Å². The minimum Gasteiger partial charge on any atom is -0.340 e. The van der Waals surface area contributed by atoms with Gasteiger partial charge in [-0.1, -0.05) is 0 Å². The predicted octanol–water partition coefficient (Wildman–Crippen LogP) is 0.697. The number of amides is 1. The standard InChI is InChI=1S/C11H14BrN3O3S/c1-9(16)14-2-4-15(5-3-14)19(17,18)11-6-10(12)7-13-8-11/h6-8H,2-5H2,1H3. The number of hydrogen-bond acceptors (Lipinski definition) is 4. The van der Waals surface area contributed by atoms with Crippen LogP contribution in [0.1, 0.15) is 6.92 Å². The maximum Gasteiger partial charge on any atom is 0.244 e. The molecule has 1 aromatic rings. The maximum absolute atomic E-state index is 12.4. The van der Waals surface area contributed by atoms with E-state index in [1.54, 1.807) is 4.90 Å². The Morgan fingerprint density at radius 2 is 1.89 bits per heavy atom. The van der Waals surface area contributed by atoms with Gasteiger partial charge in [-0.15, -0.1) is 0 Å². The van der Waals surface area contributed by atoms with Crippen molar-refractivity contribution in [2.24, 2.45) is 0 Å². The largest absolute Gasteiger partial charge is 0.340 e. The molecule has 1 amide bonds. The van der Waals surface area contributed by atoms with E-state index in [0.29, 0.717) is 30.7 Å². The summed E-state index contributed by atoms with van der Waals surface area (Å²) in [6, 6.07) is 1.53. The summed E-state index contributed by atoms with van der Waals surface area (Å²) in [6.07, 6.45) is 2.87. The molecule has 19 heavy (non-hydrogen) atoms. The molecule has 1 aromatic heterocycles. The molecule has 0 radical (unpaired) electrons. The zero-order valence-electron chi connectivity index (χ0n) is 10.4. The number of nitrogens with zero attached hydrogens (tertiary/aromatic N) is 3. The van der Waals surface area contributed by atoms with E-state index in [0.717, 1.165) is 0 Å². The van der Waals surface area contributed by atoms with Crippen LogP contribution in [0.4, 0.5) is 0 Å². The first-order valence-electron chi connectivity index (χ1n) is 5.77. The number of hydrogen-bond donors (Lipinski definition) is 0. The van der Waals surface area contributed by atoms with E-state index in [2.05, 4.69) is 20.9 Å². The third-order valence-corrected chi connectivity index (χ3v) is 5.30. The Morgan fingerprint density at radius 3 is 2.42 bits per heavy atom. The smallest absolute Gasteiger partial charge is 0.244 e. The fraction of sp³-hybridized carbons (Fsp3) is 0.455. The summed E-state index contributed by atoms with van der Waals surface area (Å²) in [5.41, 5.74) is 0. The number of sulfonamides is 1. The van der Waals surface area contributed by atoms with Crippen LogP contribution in [0.25, 0.3) is 0 Å². The zero-order chi connectivity index (χ0) is 14.0. The average molecular weight is 348 g/mol. The Bertz CT molecular complexity index is 583. The first-order chi connectivity index (χ1) is 8.91. The molecule has 1 saturated heterocycles. The summed E-state index contributed by atoms with van der Waals surface area (Å²) in [5, 5.41) is 0. The highest BCUT2D eigenvalue weighted by Crippen LogP contribution is 2.19. The third kappa shape index (κ3) is 3.13. The summed E-state index contributed by atoms with van der Waals surface area (Å²) in [6.45, 7) is 2.97. The molecular formula is C11H14BrN3O3S. The summed E-state index contributed by atoms with van der Waals surface area (Å²) in [4.78, 5) is 16.9. The van der Waals surface area contributed by atoms with E-state index in [-0.39, 0.29) is 10.8 Å². The van der Waals surface area contributed by atoms with Gasteiger partial charge in [-0.25, -0.2) is 8.42 Å². The van der Waals surface area contributed by atoms with Gasteiger partial charge in [0, 0.05) is 50.0 Å². The number of halogens is 1. The Morgan fingerprint density at radius 1 is 1.26 bits per heavy atom. The van der Waals surface area contributed by atoms with Gasteiger partial charge in [0.05, 0.1) is 0 Å². The second-order valence-corrected chi connectivity index (χ2v) is 7.10. The molecule has 2 heterocycles. The highest BCUT2D eigenvalue weighted by Gasteiger charge is 2.29. The monoisotopic (exact) mass is 347 g/mol. The first kappa shape index (κ1) is 14.4. The second kappa shape index (κ2) is 5.56. The van der Waals surface area contributed by atoms with Crippen molar-refractivity contribution < 1.29 is 13.2 Å². The lowest BCUT2D eigenvalue weighted by Crippen LogP contribution is -2.49. The lowest BCUT2D eigenvalue weighted by atomic mass is 10.3. The third-order valence-electron chi connectivity index (χ3n) is 3.00. The fourth-order valence-corrected chi connectivity index (χ4v) is 3.85. The Balaban J connectivity index is 2.16. The SMILES string of the molecule is CC(=O)N1CCN(S(=O)(=O)c2cncc(Br)c2)CC1. The molecule has 0 aromatic carbocycles. The molecule has 104 valence electrons. The molecule has 1 aliphatic heterocycles. The van der Waals surface area contributed by atoms with E-state index in [1.165, 1.54) is 29.7 Å². The lowest BCUT2D eigenvalue weighted by molar-refractivity contribution is -0.129. The van der Waals surface area contributed by atoms with Crippen LogP contribution in [0.3, 0.4) is 0 Å². The Hall–Kier alpha value is -0.990. The molecular weight excluding hydrogens is 334 g/mol. The summed E-state index contributed by atoms with van der Waals surface area (Å²) < 4.78 is 26.8. The van der Waals surface area contributed by atoms with Gasteiger partial charge in [0.15, 0.2) is 0 Å². The van der Waals surface area contributed by atoms with Crippen LogP contribution >= 0.6 is 15.9 Å². The molecule has 0 saturated carbocycles. The van der Waals surface area contributed by atoms with Crippen molar-refractivity contribution in [1.82, 2.24) is 14.2 Å². The van der Waals surface area contributed by atoms with Crippen LogP contribution in [-0.4, -0.2) is 54.7 Å². The normalized spacial score (nSPS) is 17.5. The zero-order valence-corrected chi connectivity index (χ0v) is 12.8. The van der Waals surface area contributed by atoms with Crippen molar-refractivity contribution in [2.75, 3.05) is 26.2 Å². The number of rotatable bonds is 2. The van der Waals surface area contributed by atoms with Crippen molar-refractivity contribution in [3.8, 4) is 0 Å². The van der Waals surface area contributed by atoms with Crippen LogP contribution in [-0.2, 0) is 14.8 Å². The van der Waals surface area contributed by atoms with Crippen LogP contribution in [0.15, 0.2) is 27.8 Å². The van der Waals surface area contributed by atoms with Gasteiger partial charge in [-0.2, -0.15) is 4.31 Å². The van der Waals surface area contributed by atoms with Crippen molar-refractivity contribution in [2.45, 2.75) is 11.8 Å². The predicted molar refractivity (Wildman–Crippen MR) is 72.9 cm³/mol. The van der Waals surface area contributed by atoms with E-state index < -0.39 is 10.0 Å². The molecule has 1 aliphatic rings. The molecule has 0 unspecified atom stereocenters. The van der Waals surface area contributed by atoms with Gasteiger partial charge in [0.2, 0.25) is 15.9 Å². The van der Waals surface area contributed by atoms with Crippen LogP contribution in [0, 0.1) is 0 Å². The molecule has 0 N–H and O–H groups in total. The second-order valence-electron chi connectivity index (χ2n) is 4.25. The van der Waals surface area contributed by atoms with E-state index in [4.69, 9.17) is 0 Å². The number of aromatic nitrogens is 1. The molecule has 1 fully saturated rings. The van der Waals surface area contributed by atoms with Crippen molar-refractivity contribution >= 4 is 31.9 Å². The van der Waals surface area contributed by atoms with Gasteiger partial charge < -0.3 is 4.90 Å². The van der Waals surface area contributed by atoms with Gasteiger partial charge in [0.25, 0.3) is 0 Å². The van der Waals surface area contributed by atoms with Crippen molar-refractivity contribution in [3.05, 3.63) is 22.9 Å². The molecule has 2 rings (SSSR count). The quantitative estimate of drug-likeness (QED) is 0.789. The molecule has 0 aliphatic carbocycles. The minimum atomic E-state index is -3.53. The number of piperazine rings is 1. The topological polar surface area (TPSA) is 70.6 Å². The lowest BCUT2D eigenvalue weighted by Gasteiger charge is -2.33. The van der Waals surface area contributed by atoms with Gasteiger partial charge in [0.1, 0.15) is 4.90 Å². The van der Waals surface area contributed by atoms with E-state index >= 15 is 0 Å². The average Bonchev–Trinajstić information content (AvgIpc) is 2.39.